The fraction of sp³-hybridized carbons (Fsp3) is 0.395. The third-order valence-electron chi connectivity index (χ3n) is 12.5. The number of para-hydroxylation sites is 2. The lowest BCUT2D eigenvalue weighted by Gasteiger charge is -2.47. The Balaban J connectivity index is 0.837. The summed E-state index contributed by atoms with van der Waals surface area (Å²) in [5.74, 6) is -0.0620. The molecular weight excluding hydrogens is 836 g/mol. The largest absolute Gasteiger partial charge is 0.494 e. The minimum atomic E-state index is -3.51. The van der Waals surface area contributed by atoms with E-state index in [1.54, 1.807) is 49.6 Å². The Hall–Kier alpha value is -5.98. The van der Waals surface area contributed by atoms with E-state index in [-0.39, 0.29) is 60.0 Å². The number of carbonyl (C=O) groups excluding carboxylic acids is 4. The smallest absolute Gasteiger partial charge is 0.255 e. The van der Waals surface area contributed by atoms with Gasteiger partial charge in [0.05, 0.1) is 43.2 Å². The van der Waals surface area contributed by atoms with Crippen LogP contribution >= 0.6 is 11.6 Å². The Morgan fingerprint density at radius 1 is 0.968 bits per heavy atom. The molecular formula is C43H49ClN10O7S. The van der Waals surface area contributed by atoms with Crippen molar-refractivity contribution in [2.24, 2.45) is 5.41 Å². The predicted molar refractivity (Wildman–Crippen MR) is 237 cm³/mol. The fourth-order valence-electron chi connectivity index (χ4n) is 8.80. The van der Waals surface area contributed by atoms with Gasteiger partial charge in [-0.3, -0.25) is 33.7 Å². The third-order valence-corrected chi connectivity index (χ3v) is 14.0. The number of imide groups is 1. The molecule has 1 atom stereocenters. The number of amides is 4. The van der Waals surface area contributed by atoms with Crippen LogP contribution in [0.5, 0.6) is 5.75 Å². The van der Waals surface area contributed by atoms with Gasteiger partial charge in [0, 0.05) is 61.7 Å². The van der Waals surface area contributed by atoms with Gasteiger partial charge in [-0.25, -0.2) is 13.4 Å². The number of sulfonamides is 1. The van der Waals surface area contributed by atoms with Gasteiger partial charge < -0.3 is 30.5 Å². The van der Waals surface area contributed by atoms with Crippen LogP contribution in [0, 0.1) is 5.41 Å². The second-order valence-corrected chi connectivity index (χ2v) is 18.7. The second-order valence-electron chi connectivity index (χ2n) is 16.3. The first-order valence-electron chi connectivity index (χ1n) is 20.5. The highest BCUT2D eigenvalue weighted by molar-refractivity contribution is 7.92. The zero-order valence-electron chi connectivity index (χ0n) is 34.7. The number of benzene rings is 3. The molecule has 4 aliphatic heterocycles. The predicted octanol–water partition coefficient (Wildman–Crippen LogP) is 5.10. The molecule has 326 valence electrons. The number of ether oxygens (including phenoxy) is 1. The highest BCUT2D eigenvalue weighted by Crippen LogP contribution is 2.43. The monoisotopic (exact) mass is 884 g/mol. The summed E-state index contributed by atoms with van der Waals surface area (Å²) >= 11 is 6.47. The van der Waals surface area contributed by atoms with Gasteiger partial charge in [0.15, 0.2) is 5.82 Å². The number of piperidine rings is 3. The number of anilines is 7. The van der Waals surface area contributed by atoms with Gasteiger partial charge >= 0.3 is 0 Å². The summed E-state index contributed by atoms with van der Waals surface area (Å²) in [7, 11) is -0.428. The van der Waals surface area contributed by atoms with Gasteiger partial charge in [-0.2, -0.15) is 4.98 Å². The van der Waals surface area contributed by atoms with Gasteiger partial charge in [0.1, 0.15) is 16.8 Å². The van der Waals surface area contributed by atoms with Crippen molar-refractivity contribution in [1.29, 1.82) is 0 Å². The first-order chi connectivity index (χ1) is 29.7. The Morgan fingerprint density at radius 3 is 2.42 bits per heavy atom. The number of likely N-dealkylation sites (tertiary alicyclic amines) is 1. The molecule has 62 heavy (non-hydrogen) atoms. The van der Waals surface area contributed by atoms with Crippen LogP contribution in [-0.2, 0) is 31.0 Å². The number of hydrogen-bond acceptors (Lipinski definition) is 13. The van der Waals surface area contributed by atoms with Gasteiger partial charge in [0.2, 0.25) is 33.7 Å². The minimum absolute atomic E-state index is 0.150. The van der Waals surface area contributed by atoms with E-state index < -0.39 is 22.0 Å². The van der Waals surface area contributed by atoms with E-state index in [9.17, 15) is 27.6 Å². The summed E-state index contributed by atoms with van der Waals surface area (Å²) in [5.41, 5.74) is 4.54. The summed E-state index contributed by atoms with van der Waals surface area (Å²) in [6.45, 7) is 3.82. The molecule has 4 aliphatic rings. The molecule has 4 amide bonds. The van der Waals surface area contributed by atoms with Crippen LogP contribution in [0.2, 0.25) is 5.02 Å². The summed E-state index contributed by atoms with van der Waals surface area (Å²) in [6.07, 6.45) is 7.10. The molecule has 17 nitrogen and oxygen atoms in total. The Kier molecular flexibility index (Phi) is 12.0. The van der Waals surface area contributed by atoms with Crippen molar-refractivity contribution < 1.29 is 32.3 Å². The van der Waals surface area contributed by atoms with Crippen molar-refractivity contribution in [2.45, 2.75) is 51.1 Å². The number of aromatic nitrogens is 2. The molecule has 3 saturated heterocycles. The number of carbonyl (C=O) groups is 4. The van der Waals surface area contributed by atoms with Crippen molar-refractivity contribution in [3.05, 3.63) is 83.0 Å². The number of methoxy groups -OCH3 is 1. The van der Waals surface area contributed by atoms with Crippen LogP contribution in [0.25, 0.3) is 0 Å². The second kappa shape index (κ2) is 17.4. The molecule has 3 aromatic carbocycles. The van der Waals surface area contributed by atoms with Crippen LogP contribution in [0.4, 0.5) is 40.2 Å². The maximum absolute atomic E-state index is 13.3. The number of rotatable bonds is 12. The number of halogens is 1. The van der Waals surface area contributed by atoms with Crippen LogP contribution in [0.1, 0.15) is 54.4 Å². The molecule has 19 heteroatoms. The highest BCUT2D eigenvalue weighted by atomic mass is 35.5. The fourth-order valence-corrected chi connectivity index (χ4v) is 9.45. The lowest BCUT2D eigenvalue weighted by Crippen LogP contribution is -2.52. The van der Waals surface area contributed by atoms with Crippen molar-refractivity contribution in [3.63, 3.8) is 0 Å². The molecule has 0 bridgehead atoms. The molecule has 1 aromatic heterocycles. The standard InChI is InChI=1S/C43H49ClN10O7S/c1-51(62(3,59)60)34-10-5-4-8-32(34)47-39-30(44)24-45-42(50-39)48-33-12-11-27(23-36(33)61-2)53-21-17-43(18-22-53)15-19-52(20-16-43)26-38(56)46-31-9-6-7-28-29(31)25-54(41(28)58)35-13-14-37(55)49-40(35)57/h4-12,23-24,35H,13-22,25-26H2,1-3H3,(H,46,56)(H,49,55,57)(H2,45,47,48,50). The van der Waals surface area contributed by atoms with E-state index >= 15 is 0 Å². The van der Waals surface area contributed by atoms with Crippen molar-refractivity contribution >= 4 is 85.5 Å². The SMILES string of the molecule is COc1cc(N2CCC3(CCN(CC(=O)Nc4cccc5c4CN(C4CCC(=O)NC4=O)C5=O)CC3)CC2)ccc1Nc1ncc(Cl)c(Nc2ccccc2N(C)S(C)(=O)=O)n1. The quantitative estimate of drug-likeness (QED) is 0.137. The molecule has 0 aliphatic carbocycles. The van der Waals surface area contributed by atoms with Gasteiger partial charge in [-0.05, 0) is 87.0 Å². The van der Waals surface area contributed by atoms with Crippen molar-refractivity contribution in [1.82, 2.24) is 25.1 Å². The molecule has 1 spiro atoms. The summed E-state index contributed by atoms with van der Waals surface area (Å²) in [4.78, 5) is 65.7. The summed E-state index contributed by atoms with van der Waals surface area (Å²) < 4.78 is 31.5. The van der Waals surface area contributed by atoms with E-state index in [1.165, 1.54) is 22.4 Å². The zero-order chi connectivity index (χ0) is 43.8. The number of nitrogens with zero attached hydrogens (tertiary/aromatic N) is 6. The summed E-state index contributed by atoms with van der Waals surface area (Å²) in [5, 5.41) is 12.0. The molecule has 8 rings (SSSR count). The molecule has 4 N–H and O–H groups in total. The third kappa shape index (κ3) is 8.98. The molecule has 1 unspecified atom stereocenters. The van der Waals surface area contributed by atoms with Gasteiger partial charge in [-0.15, -0.1) is 0 Å². The van der Waals surface area contributed by atoms with Crippen LogP contribution in [0.3, 0.4) is 0 Å². The van der Waals surface area contributed by atoms with Crippen LogP contribution < -0.4 is 35.2 Å². The van der Waals surface area contributed by atoms with Crippen LogP contribution in [-0.4, -0.2) is 111 Å². The average Bonchev–Trinajstić information content (AvgIpc) is 3.59. The summed E-state index contributed by atoms with van der Waals surface area (Å²) in [6, 6.07) is 17.4. The molecule has 3 fully saturated rings. The van der Waals surface area contributed by atoms with E-state index in [4.69, 9.17) is 16.3 Å². The Labute approximate surface area is 365 Å². The zero-order valence-corrected chi connectivity index (χ0v) is 36.3. The number of nitrogens with one attached hydrogen (secondary N) is 4. The molecule has 4 aromatic rings. The van der Waals surface area contributed by atoms with Crippen molar-refractivity contribution in [3.8, 4) is 5.75 Å². The van der Waals surface area contributed by atoms with E-state index in [0.717, 1.165) is 63.8 Å². The number of fused-ring (bicyclic) bond motifs is 1. The van der Waals surface area contributed by atoms with E-state index in [2.05, 4.69) is 41.0 Å². The topological polar surface area (TPSA) is 199 Å². The highest BCUT2D eigenvalue weighted by Gasteiger charge is 2.41. The minimum Gasteiger partial charge on any atom is -0.494 e. The lowest BCUT2D eigenvalue weighted by atomic mass is 9.71. The normalized spacial score (nSPS) is 18.9. The first kappa shape index (κ1) is 42.7. The average molecular weight is 885 g/mol. The molecule has 0 saturated carbocycles. The molecule has 0 radical (unpaired) electrons. The van der Waals surface area contributed by atoms with E-state index in [0.29, 0.717) is 45.4 Å². The van der Waals surface area contributed by atoms with E-state index in [1.807, 2.05) is 18.2 Å². The lowest BCUT2D eigenvalue weighted by molar-refractivity contribution is -0.137. The molecule has 5 heterocycles. The Morgan fingerprint density at radius 2 is 1.69 bits per heavy atom. The first-order valence-corrected chi connectivity index (χ1v) is 22.7. The Bertz CT molecular complexity index is 2520. The maximum atomic E-state index is 13.3. The number of hydrogen-bond donors (Lipinski definition) is 4. The van der Waals surface area contributed by atoms with Crippen molar-refractivity contribution in [2.75, 3.05) is 78.3 Å². The van der Waals surface area contributed by atoms with Gasteiger partial charge in [-0.1, -0.05) is 29.8 Å². The maximum Gasteiger partial charge on any atom is 0.255 e. The van der Waals surface area contributed by atoms with Gasteiger partial charge in [0.25, 0.3) is 5.91 Å². The van der Waals surface area contributed by atoms with Crippen LogP contribution in [0.15, 0.2) is 66.9 Å².